The Hall–Kier alpha value is 0.440. The van der Waals surface area contributed by atoms with E-state index in [2.05, 4.69) is 10.5 Å². The van der Waals surface area contributed by atoms with E-state index in [4.69, 9.17) is 0 Å². The fourth-order valence-corrected chi connectivity index (χ4v) is 3.21. The molecule has 7 heavy (non-hydrogen) atoms. The molecule has 0 aromatic rings. The van der Waals surface area contributed by atoms with Gasteiger partial charge in [-0.15, -0.1) is 0 Å². The van der Waals surface area contributed by atoms with Gasteiger partial charge in [0.1, 0.15) is 0 Å². The average Bonchev–Trinajstić information content (AvgIpc) is 1.90. The maximum atomic E-state index is 4.04. The molecule has 0 amide bonds. The van der Waals surface area contributed by atoms with Crippen LogP contribution in [0, 0.1) is 0 Å². The summed E-state index contributed by atoms with van der Waals surface area (Å²) in [6.07, 6.45) is 3.85. The van der Waals surface area contributed by atoms with E-state index in [0.29, 0.717) is 0 Å². The number of allylic oxidation sites excluding steroid dienone is 1. The lowest BCUT2D eigenvalue weighted by molar-refractivity contribution is 1.67. The van der Waals surface area contributed by atoms with Gasteiger partial charge in [-0.3, -0.25) is 0 Å². The molecule has 1 rings (SSSR count). The van der Waals surface area contributed by atoms with Crippen LogP contribution >= 0.6 is 23.9 Å². The molecule has 1 aliphatic heterocycles. The Balaban J connectivity index is 2.60. The molecule has 0 fully saturated rings. The van der Waals surface area contributed by atoms with Gasteiger partial charge in [-0.25, -0.2) is 4.74 Å². The van der Waals surface area contributed by atoms with Crippen molar-refractivity contribution in [3.8, 4) is 0 Å². The number of nitrogens with zero attached hydrogens (tertiary/aromatic N) is 1. The minimum atomic E-state index is 0.954. The lowest BCUT2D eigenvalue weighted by atomic mass is 10.7. The first kappa shape index (κ1) is 5.57. The minimum absolute atomic E-state index is 0.954. The molecule has 0 spiro atoms. The van der Waals surface area contributed by atoms with Crippen molar-refractivity contribution in [2.45, 2.75) is 0 Å². The molecule has 1 nitrogen and oxygen atoms in total. The van der Waals surface area contributed by atoms with Gasteiger partial charge in [0.15, 0.2) is 0 Å². The predicted octanol–water partition coefficient (Wildman–Crippen LogP) is 2.90. The van der Waals surface area contributed by atoms with Crippen molar-refractivity contribution in [3.63, 3.8) is 0 Å². The summed E-state index contributed by atoms with van der Waals surface area (Å²) < 4.78 is 4.04. The zero-order valence-corrected chi connectivity index (χ0v) is 6.36. The lowest BCUT2D eigenvalue weighted by Crippen LogP contribution is -1.45. The molecule has 1 unspecified atom stereocenters. The smallest absolute Gasteiger partial charge is 0.0420 e. The first-order valence-electron chi connectivity index (χ1n) is 1.83. The molecule has 0 N–H and O–H groups in total. The number of hydrogen-bond donors (Lipinski definition) is 0. The van der Waals surface area contributed by atoms with Crippen LogP contribution < -0.4 is 0 Å². The second-order valence-electron chi connectivity index (χ2n) is 0.935. The van der Waals surface area contributed by atoms with Crippen LogP contribution in [0.5, 0.6) is 0 Å². The standard InChI is InChI=1S/C3H4NP3/c1-2-4-6-7-5-3-1/h1-3,7H. The molecule has 0 bridgehead atoms. The molecule has 1 atom stereocenters. The van der Waals surface area contributed by atoms with Crippen LogP contribution in [0.1, 0.15) is 0 Å². The lowest BCUT2D eigenvalue weighted by Gasteiger charge is -1.67. The van der Waals surface area contributed by atoms with E-state index in [1.807, 2.05) is 12.3 Å². The monoisotopic (exact) mass is 147 g/mol. The van der Waals surface area contributed by atoms with Crippen molar-refractivity contribution in [3.05, 3.63) is 12.3 Å². The van der Waals surface area contributed by atoms with Crippen molar-refractivity contribution in [2.24, 2.45) is 4.74 Å². The molecular formula is C3H4NP3. The third-order valence-corrected chi connectivity index (χ3v) is 4.50. The summed E-state index contributed by atoms with van der Waals surface area (Å²) in [6.45, 7) is 0. The summed E-state index contributed by atoms with van der Waals surface area (Å²) in [5.41, 5.74) is 0. The maximum Gasteiger partial charge on any atom is 0.0420 e. The highest BCUT2D eigenvalue weighted by molar-refractivity contribution is 8.40. The molecule has 1 heterocycles. The summed E-state index contributed by atoms with van der Waals surface area (Å²) >= 11 is 0. The van der Waals surface area contributed by atoms with Gasteiger partial charge in [-0.1, -0.05) is 7.89 Å². The van der Waals surface area contributed by atoms with Crippen molar-refractivity contribution in [1.29, 1.82) is 0 Å². The zero-order valence-electron chi connectivity index (χ0n) is 3.57. The number of rotatable bonds is 0. The SMILES string of the molecule is C1=CN=PPP=C1. The summed E-state index contributed by atoms with van der Waals surface area (Å²) in [4.78, 5) is 0. The zero-order chi connectivity index (χ0) is 4.95. The normalized spacial score (nSPS) is 25.1. The Morgan fingerprint density at radius 3 is 3.57 bits per heavy atom. The van der Waals surface area contributed by atoms with Gasteiger partial charge in [0.2, 0.25) is 0 Å². The third-order valence-electron chi connectivity index (χ3n) is 0.474. The van der Waals surface area contributed by atoms with Gasteiger partial charge in [0, 0.05) is 22.2 Å². The van der Waals surface area contributed by atoms with Crippen molar-refractivity contribution in [1.82, 2.24) is 0 Å². The Morgan fingerprint density at radius 1 is 1.57 bits per heavy atom. The first-order valence-corrected chi connectivity index (χ1v) is 6.32. The third kappa shape index (κ3) is 2.29. The minimum Gasteiger partial charge on any atom is -0.235 e. The Labute approximate surface area is 47.5 Å². The molecule has 36 valence electrons. The molecule has 0 radical (unpaired) electrons. The van der Waals surface area contributed by atoms with Gasteiger partial charge >= 0.3 is 0 Å². The molecule has 0 aliphatic carbocycles. The van der Waals surface area contributed by atoms with Crippen LogP contribution in [-0.2, 0) is 0 Å². The molecule has 0 saturated heterocycles. The van der Waals surface area contributed by atoms with Crippen molar-refractivity contribution in [2.75, 3.05) is 0 Å². The quantitative estimate of drug-likeness (QED) is 0.467. The first-order chi connectivity index (χ1) is 3.50. The molecule has 4 heteroatoms. The fraction of sp³-hybridized carbons (Fsp3) is 0. The van der Waals surface area contributed by atoms with E-state index in [9.17, 15) is 0 Å². The molecule has 0 saturated carbocycles. The molecule has 0 aromatic heterocycles. The van der Waals surface area contributed by atoms with E-state index in [1.54, 1.807) is 0 Å². The molecular weight excluding hydrogens is 143 g/mol. The van der Waals surface area contributed by atoms with Crippen LogP contribution in [0.15, 0.2) is 17.0 Å². The maximum absolute atomic E-state index is 4.04. The van der Waals surface area contributed by atoms with Crippen LogP contribution in [0.25, 0.3) is 0 Å². The summed E-state index contributed by atoms with van der Waals surface area (Å²) in [7, 11) is 3.60. The van der Waals surface area contributed by atoms with Gasteiger partial charge in [-0.2, -0.15) is 0 Å². The van der Waals surface area contributed by atoms with Crippen LogP contribution in [0.3, 0.4) is 0 Å². The van der Waals surface area contributed by atoms with E-state index < -0.39 is 0 Å². The van der Waals surface area contributed by atoms with E-state index in [0.717, 1.165) is 7.96 Å². The van der Waals surface area contributed by atoms with Crippen molar-refractivity contribution >= 4 is 29.7 Å². The predicted molar refractivity (Wildman–Crippen MR) is 39.8 cm³/mol. The van der Waals surface area contributed by atoms with E-state index in [-0.39, 0.29) is 0 Å². The number of hydrogen-bond acceptors (Lipinski definition) is 1. The highest BCUT2D eigenvalue weighted by Gasteiger charge is 1.73. The highest BCUT2D eigenvalue weighted by atomic mass is 32.4. The summed E-state index contributed by atoms with van der Waals surface area (Å²) in [6, 6.07) is 0. The van der Waals surface area contributed by atoms with Crippen LogP contribution in [-0.4, -0.2) is 5.80 Å². The summed E-state index contributed by atoms with van der Waals surface area (Å²) in [5, 5.41) is 0. The highest BCUT2D eigenvalue weighted by Crippen LogP contribution is 2.42. The van der Waals surface area contributed by atoms with Crippen molar-refractivity contribution < 1.29 is 0 Å². The topological polar surface area (TPSA) is 12.4 Å². The Bertz CT molecular complexity index is 112. The second-order valence-corrected chi connectivity index (χ2v) is 5.90. The Kier molecular flexibility index (Phi) is 2.74. The largest absolute Gasteiger partial charge is 0.235 e. The van der Waals surface area contributed by atoms with Gasteiger partial charge in [0.25, 0.3) is 0 Å². The Morgan fingerprint density at radius 2 is 2.57 bits per heavy atom. The molecule has 1 aliphatic rings. The van der Waals surface area contributed by atoms with Crippen LogP contribution in [0.2, 0.25) is 0 Å². The van der Waals surface area contributed by atoms with Gasteiger partial charge < -0.3 is 0 Å². The molecule has 0 aromatic carbocycles. The van der Waals surface area contributed by atoms with E-state index in [1.165, 1.54) is 16.0 Å². The fourth-order valence-electron chi connectivity index (χ4n) is 0.238. The van der Waals surface area contributed by atoms with Crippen LogP contribution in [0.4, 0.5) is 0 Å². The average molecular weight is 147 g/mol. The second kappa shape index (κ2) is 3.44. The van der Waals surface area contributed by atoms with Gasteiger partial charge in [-0.05, 0) is 11.9 Å². The summed E-state index contributed by atoms with van der Waals surface area (Å²) in [5.74, 6) is 2.13. The van der Waals surface area contributed by atoms with E-state index >= 15 is 0 Å². The van der Waals surface area contributed by atoms with Gasteiger partial charge in [0.05, 0.1) is 0 Å².